The Balaban J connectivity index is 2.32. The second kappa shape index (κ2) is 7.28. The number of aromatic nitrogens is 2. The van der Waals surface area contributed by atoms with Crippen molar-refractivity contribution < 1.29 is 39.6 Å². The summed E-state index contributed by atoms with van der Waals surface area (Å²) in [4.78, 5) is 18.3. The molecular weight excluding hydrogens is 428 g/mol. The molecule has 6 nitrogen and oxygen atoms in total. The maximum atomic E-state index is 12.7. The third-order valence-electron chi connectivity index (χ3n) is 3.88. The van der Waals surface area contributed by atoms with Crippen LogP contribution in [0.3, 0.4) is 0 Å². The average Bonchev–Trinajstić information content (AvgIpc) is 2.60. The quantitative estimate of drug-likeness (QED) is 0.731. The van der Waals surface area contributed by atoms with Crippen LogP contribution in [0.5, 0.6) is 0 Å². The summed E-state index contributed by atoms with van der Waals surface area (Å²) in [6.45, 7) is 1.89. The lowest BCUT2D eigenvalue weighted by molar-refractivity contribution is -0.141. The van der Waals surface area contributed by atoms with Gasteiger partial charge < -0.3 is 5.32 Å². The normalized spacial score (nSPS) is 13.2. The molecule has 13 heteroatoms. The fraction of sp³-hybridized carbons (Fsp3) is 0.312. The highest BCUT2D eigenvalue weighted by Gasteiger charge is 2.44. The zero-order valence-corrected chi connectivity index (χ0v) is 15.6. The molecule has 2 aromatic heterocycles. The van der Waals surface area contributed by atoms with E-state index in [0.29, 0.717) is 30.5 Å². The second-order valence-corrected chi connectivity index (χ2v) is 8.77. The number of nitrogens with one attached hydrogen (secondary N) is 1. The Morgan fingerprint density at radius 3 is 2.07 bits per heavy atom. The van der Waals surface area contributed by atoms with Gasteiger partial charge in [-0.15, -0.1) is 0 Å². The average molecular weight is 441 g/mol. The van der Waals surface area contributed by atoms with Crippen molar-refractivity contribution in [2.45, 2.75) is 35.8 Å². The van der Waals surface area contributed by atoms with Gasteiger partial charge in [-0.25, -0.2) is 13.4 Å². The third kappa shape index (κ3) is 4.66. The maximum absolute atomic E-state index is 12.7. The molecule has 0 unspecified atom stereocenters. The van der Waals surface area contributed by atoms with Gasteiger partial charge >= 0.3 is 12.4 Å². The first kappa shape index (κ1) is 22.6. The van der Waals surface area contributed by atoms with Gasteiger partial charge in [0.05, 0.1) is 10.5 Å². The molecule has 0 saturated carbocycles. The number of carbonyl (C=O) groups is 1. The number of hydrogen-bond donors (Lipinski definition) is 1. The van der Waals surface area contributed by atoms with Crippen molar-refractivity contribution in [1.29, 1.82) is 0 Å². The molecule has 2 heterocycles. The van der Waals surface area contributed by atoms with Crippen LogP contribution in [0, 0.1) is 0 Å². The SMILES string of the molecule is CC(C)(C(=O)Nc1cc(C(F)(F)F)ccn1)S(=O)(=O)c1ccc(C(F)(F)F)nc1. The summed E-state index contributed by atoms with van der Waals surface area (Å²) in [5.41, 5.74) is -2.44. The van der Waals surface area contributed by atoms with E-state index in [1.807, 2.05) is 5.32 Å². The molecule has 29 heavy (non-hydrogen) atoms. The number of nitrogens with zero attached hydrogens (tertiary/aromatic N) is 2. The van der Waals surface area contributed by atoms with Crippen molar-refractivity contribution in [3.05, 3.63) is 47.9 Å². The number of hydrogen-bond acceptors (Lipinski definition) is 5. The molecule has 0 spiro atoms. The van der Waals surface area contributed by atoms with Gasteiger partial charge in [0.15, 0.2) is 9.84 Å². The molecule has 1 amide bonds. The Kier molecular flexibility index (Phi) is 5.67. The molecule has 0 aromatic carbocycles. The maximum Gasteiger partial charge on any atom is 0.433 e. The van der Waals surface area contributed by atoms with E-state index in [1.54, 1.807) is 0 Å². The van der Waals surface area contributed by atoms with Crippen LogP contribution in [0.4, 0.5) is 32.2 Å². The van der Waals surface area contributed by atoms with E-state index in [4.69, 9.17) is 0 Å². The topological polar surface area (TPSA) is 89.0 Å². The summed E-state index contributed by atoms with van der Waals surface area (Å²) < 4.78 is 99.1. The fourth-order valence-corrected chi connectivity index (χ4v) is 3.39. The molecule has 158 valence electrons. The van der Waals surface area contributed by atoms with Crippen LogP contribution in [0.25, 0.3) is 0 Å². The second-order valence-electron chi connectivity index (χ2n) is 6.27. The van der Waals surface area contributed by atoms with Gasteiger partial charge in [-0.05, 0) is 38.1 Å². The van der Waals surface area contributed by atoms with E-state index in [-0.39, 0.29) is 0 Å². The number of anilines is 1. The van der Waals surface area contributed by atoms with Gasteiger partial charge in [0, 0.05) is 12.4 Å². The molecule has 0 saturated heterocycles. The predicted molar refractivity (Wildman–Crippen MR) is 88.4 cm³/mol. The lowest BCUT2D eigenvalue weighted by atomic mass is 10.2. The van der Waals surface area contributed by atoms with Crippen LogP contribution < -0.4 is 5.32 Å². The minimum Gasteiger partial charge on any atom is -0.309 e. The van der Waals surface area contributed by atoms with E-state index in [2.05, 4.69) is 9.97 Å². The van der Waals surface area contributed by atoms with Gasteiger partial charge in [-0.1, -0.05) is 0 Å². The van der Waals surface area contributed by atoms with E-state index < -0.39 is 54.8 Å². The van der Waals surface area contributed by atoms with Crippen LogP contribution in [-0.2, 0) is 27.0 Å². The minimum absolute atomic E-state index is 0.440. The molecular formula is C16H13F6N3O3S. The largest absolute Gasteiger partial charge is 0.433 e. The van der Waals surface area contributed by atoms with Gasteiger partial charge in [-0.3, -0.25) is 9.78 Å². The summed E-state index contributed by atoms with van der Waals surface area (Å²) in [5, 5.41) is 1.98. The van der Waals surface area contributed by atoms with Gasteiger partial charge in [-0.2, -0.15) is 26.3 Å². The number of halogens is 6. The van der Waals surface area contributed by atoms with Crippen LogP contribution in [-0.4, -0.2) is 29.0 Å². The first-order chi connectivity index (χ1) is 13.1. The summed E-state index contributed by atoms with van der Waals surface area (Å²) in [6.07, 6.45) is -8.27. The van der Waals surface area contributed by atoms with Crippen LogP contribution in [0.2, 0.25) is 0 Å². The first-order valence-corrected chi connectivity index (χ1v) is 9.18. The number of rotatable bonds is 4. The Morgan fingerprint density at radius 2 is 1.59 bits per heavy atom. The Labute approximate surface area is 160 Å². The number of sulfone groups is 1. The van der Waals surface area contributed by atoms with E-state index in [1.165, 1.54) is 0 Å². The van der Waals surface area contributed by atoms with Crippen molar-refractivity contribution in [1.82, 2.24) is 9.97 Å². The monoisotopic (exact) mass is 441 g/mol. The number of pyridine rings is 2. The van der Waals surface area contributed by atoms with E-state index in [0.717, 1.165) is 20.0 Å². The highest BCUT2D eigenvalue weighted by molar-refractivity contribution is 7.93. The molecule has 0 bridgehead atoms. The van der Waals surface area contributed by atoms with Gasteiger partial charge in [0.2, 0.25) is 5.91 Å². The zero-order chi connectivity index (χ0) is 22.3. The highest BCUT2D eigenvalue weighted by Crippen LogP contribution is 2.32. The van der Waals surface area contributed by atoms with Crippen molar-refractivity contribution in [2.75, 3.05) is 5.32 Å². The number of alkyl halides is 6. The molecule has 0 aliphatic carbocycles. The summed E-state index contributed by atoms with van der Waals surface area (Å²) in [6, 6.07) is 2.25. The Hall–Kier alpha value is -2.70. The van der Waals surface area contributed by atoms with E-state index in [9.17, 15) is 39.6 Å². The standard InChI is InChI=1S/C16H13F6N3O3S/c1-14(2,13(26)25-12-7-9(5-6-23-12)15(17,18)19)29(27,28)10-3-4-11(24-8-10)16(20,21)22/h3-8H,1-2H3,(H,23,25,26). The fourth-order valence-electron chi connectivity index (χ4n) is 2.07. The van der Waals surface area contributed by atoms with Crippen molar-refractivity contribution in [2.24, 2.45) is 0 Å². The summed E-state index contributed by atoms with van der Waals surface area (Å²) in [5.74, 6) is -1.78. The third-order valence-corrected chi connectivity index (χ3v) is 6.28. The molecule has 0 fully saturated rings. The van der Waals surface area contributed by atoms with E-state index >= 15 is 0 Å². The summed E-state index contributed by atoms with van der Waals surface area (Å²) in [7, 11) is -4.55. The Bertz CT molecular complexity index is 1020. The predicted octanol–water partition coefficient (Wildman–Crippen LogP) is 3.71. The zero-order valence-electron chi connectivity index (χ0n) is 14.8. The van der Waals surface area contributed by atoms with Crippen LogP contribution >= 0.6 is 0 Å². The molecule has 0 atom stereocenters. The van der Waals surface area contributed by atoms with Crippen LogP contribution in [0.1, 0.15) is 25.1 Å². The van der Waals surface area contributed by atoms with Crippen LogP contribution in [0.15, 0.2) is 41.6 Å². The van der Waals surface area contributed by atoms with Crippen molar-refractivity contribution in [3.8, 4) is 0 Å². The smallest absolute Gasteiger partial charge is 0.309 e. The minimum atomic E-state index is -4.79. The molecule has 1 N–H and O–H groups in total. The molecule has 2 aromatic rings. The first-order valence-electron chi connectivity index (χ1n) is 7.69. The lowest BCUT2D eigenvalue weighted by Crippen LogP contribution is -2.44. The highest BCUT2D eigenvalue weighted by atomic mass is 32.2. The molecule has 0 radical (unpaired) electrons. The molecule has 0 aliphatic heterocycles. The lowest BCUT2D eigenvalue weighted by Gasteiger charge is -2.23. The van der Waals surface area contributed by atoms with Crippen molar-refractivity contribution >= 4 is 21.6 Å². The number of amides is 1. The van der Waals surface area contributed by atoms with Gasteiger partial charge in [0.25, 0.3) is 0 Å². The molecule has 0 aliphatic rings. The molecule has 2 rings (SSSR count). The summed E-state index contributed by atoms with van der Waals surface area (Å²) >= 11 is 0. The Morgan fingerprint density at radius 1 is 0.966 bits per heavy atom. The van der Waals surface area contributed by atoms with Crippen molar-refractivity contribution in [3.63, 3.8) is 0 Å². The number of carbonyl (C=O) groups excluding carboxylic acids is 1. The van der Waals surface area contributed by atoms with Gasteiger partial charge in [0.1, 0.15) is 16.3 Å².